The summed E-state index contributed by atoms with van der Waals surface area (Å²) < 4.78 is 51.5. The fourth-order valence-corrected chi connectivity index (χ4v) is 3.84. The van der Waals surface area contributed by atoms with Crippen LogP contribution in [0, 0.1) is 0 Å². The highest BCUT2D eigenvalue weighted by Crippen LogP contribution is 2.35. The van der Waals surface area contributed by atoms with E-state index in [4.69, 9.17) is 21.1 Å². The van der Waals surface area contributed by atoms with Crippen LogP contribution in [0.15, 0.2) is 59.8 Å². The second-order valence-corrected chi connectivity index (χ2v) is 7.97. The number of alkyl halides is 3. The monoisotopic (exact) mass is 504 g/mol. The molecule has 0 radical (unpaired) electrons. The number of pyridine rings is 1. The van der Waals surface area contributed by atoms with E-state index in [9.17, 15) is 18.0 Å². The summed E-state index contributed by atoms with van der Waals surface area (Å²) in [5, 5.41) is 3.22. The zero-order chi connectivity index (χ0) is 25.2. The van der Waals surface area contributed by atoms with Gasteiger partial charge in [-0.2, -0.15) is 13.2 Å². The van der Waals surface area contributed by atoms with E-state index in [0.717, 1.165) is 6.07 Å². The van der Waals surface area contributed by atoms with Crippen LogP contribution in [-0.4, -0.2) is 28.8 Å². The first-order chi connectivity index (χ1) is 16.7. The quantitative estimate of drug-likeness (QED) is 0.375. The predicted molar refractivity (Wildman–Crippen MR) is 126 cm³/mol. The lowest BCUT2D eigenvalue weighted by molar-refractivity contribution is -0.137. The summed E-state index contributed by atoms with van der Waals surface area (Å²) in [5.74, 6) is 1.02. The molecule has 0 spiro atoms. The molecule has 35 heavy (non-hydrogen) atoms. The lowest BCUT2D eigenvalue weighted by Gasteiger charge is -2.14. The number of hydrogen-bond acceptors (Lipinski definition) is 6. The molecule has 0 saturated carbocycles. The Labute approximate surface area is 203 Å². The van der Waals surface area contributed by atoms with Crippen LogP contribution in [0.1, 0.15) is 16.8 Å². The van der Waals surface area contributed by atoms with Gasteiger partial charge in [0.2, 0.25) is 0 Å². The highest BCUT2D eigenvalue weighted by molar-refractivity contribution is 6.31. The molecule has 0 bridgehead atoms. The third-order valence-corrected chi connectivity index (χ3v) is 5.71. The zero-order valence-electron chi connectivity index (χ0n) is 18.7. The molecule has 2 aromatic carbocycles. The number of anilines is 1. The summed E-state index contributed by atoms with van der Waals surface area (Å²) in [6, 6.07) is 10.3. The third-order valence-electron chi connectivity index (χ3n) is 5.38. The summed E-state index contributed by atoms with van der Waals surface area (Å²) in [6.07, 6.45) is -1.57. The number of benzene rings is 2. The van der Waals surface area contributed by atoms with E-state index in [-0.39, 0.29) is 29.4 Å². The largest absolute Gasteiger partial charge is 0.493 e. The molecule has 4 aromatic rings. The molecule has 0 fully saturated rings. The Bertz CT molecular complexity index is 1440. The van der Waals surface area contributed by atoms with Crippen molar-refractivity contribution in [3.05, 3.63) is 87.2 Å². The molecule has 2 aromatic heterocycles. The molecule has 0 aliphatic heterocycles. The first kappa shape index (κ1) is 24.3. The van der Waals surface area contributed by atoms with Crippen LogP contribution in [-0.2, 0) is 19.3 Å². The highest BCUT2D eigenvalue weighted by atomic mass is 35.5. The van der Waals surface area contributed by atoms with Crippen LogP contribution in [0.5, 0.6) is 11.5 Å². The average Bonchev–Trinajstić information content (AvgIpc) is 2.84. The van der Waals surface area contributed by atoms with Crippen LogP contribution in [0.25, 0.3) is 10.9 Å². The van der Waals surface area contributed by atoms with Gasteiger partial charge in [0, 0.05) is 24.2 Å². The molecule has 1 N–H and O–H groups in total. The SMILES string of the molecule is COc1cc2ncnc(Cn3cccc(NCc4ccc(Cl)c(C(F)(F)F)c4)c3=O)c2cc1OC. The Morgan fingerprint density at radius 2 is 1.80 bits per heavy atom. The molecule has 0 unspecified atom stereocenters. The first-order valence-electron chi connectivity index (χ1n) is 10.4. The topological polar surface area (TPSA) is 78.3 Å². The van der Waals surface area contributed by atoms with E-state index in [1.54, 1.807) is 30.5 Å². The number of fused-ring (bicyclic) bond motifs is 1. The van der Waals surface area contributed by atoms with Gasteiger partial charge in [-0.05, 0) is 35.9 Å². The van der Waals surface area contributed by atoms with Gasteiger partial charge in [-0.15, -0.1) is 0 Å². The van der Waals surface area contributed by atoms with Crippen molar-refractivity contribution in [1.82, 2.24) is 14.5 Å². The van der Waals surface area contributed by atoms with E-state index < -0.39 is 11.7 Å². The molecule has 11 heteroatoms. The maximum Gasteiger partial charge on any atom is 0.417 e. The summed E-state index contributed by atoms with van der Waals surface area (Å²) in [5.41, 5.74) is 0.491. The Hall–Kier alpha value is -3.79. The van der Waals surface area contributed by atoms with Gasteiger partial charge in [-0.1, -0.05) is 17.7 Å². The zero-order valence-corrected chi connectivity index (χ0v) is 19.4. The number of ether oxygens (including phenoxy) is 2. The van der Waals surface area contributed by atoms with Gasteiger partial charge in [-0.25, -0.2) is 9.97 Å². The van der Waals surface area contributed by atoms with Gasteiger partial charge < -0.3 is 19.4 Å². The number of hydrogen-bond donors (Lipinski definition) is 1. The van der Waals surface area contributed by atoms with Crippen molar-refractivity contribution in [3.63, 3.8) is 0 Å². The van der Waals surface area contributed by atoms with E-state index >= 15 is 0 Å². The maximum atomic E-state index is 13.1. The van der Waals surface area contributed by atoms with Crippen molar-refractivity contribution in [2.45, 2.75) is 19.3 Å². The minimum Gasteiger partial charge on any atom is -0.493 e. The highest BCUT2D eigenvalue weighted by Gasteiger charge is 2.33. The van der Waals surface area contributed by atoms with Crippen molar-refractivity contribution in [2.24, 2.45) is 0 Å². The van der Waals surface area contributed by atoms with Crippen molar-refractivity contribution < 1.29 is 22.6 Å². The normalized spacial score (nSPS) is 11.5. The fourth-order valence-electron chi connectivity index (χ4n) is 3.62. The van der Waals surface area contributed by atoms with Crippen molar-refractivity contribution in [1.29, 1.82) is 0 Å². The third kappa shape index (κ3) is 5.17. The van der Waals surface area contributed by atoms with Crippen LogP contribution < -0.4 is 20.3 Å². The molecule has 182 valence electrons. The number of methoxy groups -OCH3 is 2. The summed E-state index contributed by atoms with van der Waals surface area (Å²) in [6.45, 7) is 0.148. The van der Waals surface area contributed by atoms with Gasteiger partial charge in [0.25, 0.3) is 5.56 Å². The standard InChI is InChI=1S/C24H20ClF3N4O3/c1-34-21-9-15-19(10-22(21)35-2)30-13-31-20(15)12-32-7-3-4-18(23(32)33)29-11-14-5-6-17(25)16(8-14)24(26,27)28/h3-10,13,29H,11-12H2,1-2H3. The Morgan fingerprint density at radius 3 is 2.51 bits per heavy atom. The van der Waals surface area contributed by atoms with Crippen molar-refractivity contribution in [3.8, 4) is 11.5 Å². The number of halogens is 4. The molecule has 2 heterocycles. The van der Waals surface area contributed by atoms with Crippen molar-refractivity contribution >= 4 is 28.2 Å². The summed E-state index contributed by atoms with van der Waals surface area (Å²) in [4.78, 5) is 21.6. The second kappa shape index (κ2) is 9.83. The minimum absolute atomic E-state index is 0.00688. The number of rotatable bonds is 7. The van der Waals surface area contributed by atoms with Gasteiger partial charge in [0.1, 0.15) is 12.0 Å². The first-order valence-corrected chi connectivity index (χ1v) is 10.7. The van der Waals surface area contributed by atoms with Crippen LogP contribution in [0.4, 0.5) is 18.9 Å². The Kier molecular flexibility index (Phi) is 6.83. The number of aromatic nitrogens is 3. The predicted octanol–water partition coefficient (Wildman–Crippen LogP) is 5.14. The molecule has 0 amide bonds. The van der Waals surface area contributed by atoms with Gasteiger partial charge in [0.15, 0.2) is 11.5 Å². The molecule has 0 aliphatic carbocycles. The van der Waals surface area contributed by atoms with Crippen LogP contribution in [0.2, 0.25) is 5.02 Å². The second-order valence-electron chi connectivity index (χ2n) is 7.57. The van der Waals surface area contributed by atoms with Gasteiger partial charge >= 0.3 is 6.18 Å². The van der Waals surface area contributed by atoms with E-state index in [2.05, 4.69) is 15.3 Å². The van der Waals surface area contributed by atoms with Gasteiger partial charge in [-0.3, -0.25) is 4.79 Å². The molecule has 0 saturated heterocycles. The Balaban J connectivity index is 1.60. The van der Waals surface area contributed by atoms with E-state index in [1.165, 1.54) is 37.2 Å². The minimum atomic E-state index is -4.57. The molecule has 7 nitrogen and oxygen atoms in total. The molecular formula is C24H20ClF3N4O3. The van der Waals surface area contributed by atoms with Crippen LogP contribution >= 0.6 is 11.6 Å². The molecule has 0 aliphatic rings. The molecular weight excluding hydrogens is 485 g/mol. The number of nitrogens with one attached hydrogen (secondary N) is 1. The van der Waals surface area contributed by atoms with Crippen LogP contribution in [0.3, 0.4) is 0 Å². The average molecular weight is 505 g/mol. The van der Waals surface area contributed by atoms with Crippen molar-refractivity contribution in [2.75, 3.05) is 19.5 Å². The molecule has 0 atom stereocenters. The maximum absolute atomic E-state index is 13.1. The van der Waals surface area contributed by atoms with E-state index in [1.807, 2.05) is 0 Å². The fraction of sp³-hybridized carbons (Fsp3) is 0.208. The lowest BCUT2D eigenvalue weighted by atomic mass is 10.1. The smallest absolute Gasteiger partial charge is 0.417 e. The number of nitrogens with zero attached hydrogens (tertiary/aromatic N) is 3. The molecule has 4 rings (SSSR count). The lowest BCUT2D eigenvalue weighted by Crippen LogP contribution is -2.23. The summed E-state index contributed by atoms with van der Waals surface area (Å²) >= 11 is 5.68. The summed E-state index contributed by atoms with van der Waals surface area (Å²) in [7, 11) is 3.04. The Morgan fingerprint density at radius 1 is 1.06 bits per heavy atom. The van der Waals surface area contributed by atoms with E-state index in [0.29, 0.717) is 33.7 Å². The van der Waals surface area contributed by atoms with Gasteiger partial charge in [0.05, 0.1) is 42.6 Å².